The quantitative estimate of drug-likeness (QED) is 0.803. The van der Waals surface area contributed by atoms with Crippen LogP contribution in [0.3, 0.4) is 0 Å². The van der Waals surface area contributed by atoms with E-state index >= 15 is 0 Å². The van der Waals surface area contributed by atoms with Crippen molar-refractivity contribution in [3.63, 3.8) is 0 Å². The predicted octanol–water partition coefficient (Wildman–Crippen LogP) is 4.00. The molecule has 0 radical (unpaired) electrons. The molecule has 19 heavy (non-hydrogen) atoms. The molecule has 2 heteroatoms. The van der Waals surface area contributed by atoms with Gasteiger partial charge in [-0.3, -0.25) is 0 Å². The van der Waals surface area contributed by atoms with E-state index in [1.807, 2.05) is 7.05 Å². The van der Waals surface area contributed by atoms with Gasteiger partial charge in [0, 0.05) is 12.0 Å². The van der Waals surface area contributed by atoms with Crippen LogP contribution < -0.4 is 10.1 Å². The van der Waals surface area contributed by atoms with Crippen LogP contribution in [-0.2, 0) is 5.41 Å². The summed E-state index contributed by atoms with van der Waals surface area (Å²) in [5.41, 5.74) is 1.76. The highest BCUT2D eigenvalue weighted by molar-refractivity contribution is 5.31. The molecule has 0 atom stereocenters. The molecule has 2 nitrogen and oxygen atoms in total. The Morgan fingerprint density at radius 1 is 1.05 bits per heavy atom. The third-order valence-corrected chi connectivity index (χ3v) is 3.80. The second-order valence-corrected chi connectivity index (χ2v) is 6.75. The summed E-state index contributed by atoms with van der Waals surface area (Å²) in [6.45, 7) is 12.9. The lowest BCUT2D eigenvalue weighted by Gasteiger charge is -2.25. The zero-order valence-electron chi connectivity index (χ0n) is 13.3. The van der Waals surface area contributed by atoms with Crippen molar-refractivity contribution >= 4 is 0 Å². The number of benzene rings is 1. The second kappa shape index (κ2) is 6.42. The SMILES string of the molecule is CCC(C)(C)c1ccc(OCC(C)(C)CNC)cc1. The summed E-state index contributed by atoms with van der Waals surface area (Å²) in [4.78, 5) is 0. The molecular weight excluding hydrogens is 234 g/mol. The zero-order chi connectivity index (χ0) is 14.5. The zero-order valence-corrected chi connectivity index (χ0v) is 13.3. The Morgan fingerprint density at radius 3 is 2.11 bits per heavy atom. The third kappa shape index (κ3) is 4.87. The average molecular weight is 263 g/mol. The molecule has 0 aromatic heterocycles. The van der Waals surface area contributed by atoms with Gasteiger partial charge in [0.15, 0.2) is 0 Å². The number of hydrogen-bond acceptors (Lipinski definition) is 2. The lowest BCUT2D eigenvalue weighted by atomic mass is 9.82. The summed E-state index contributed by atoms with van der Waals surface area (Å²) >= 11 is 0. The number of nitrogens with one attached hydrogen (secondary N) is 1. The van der Waals surface area contributed by atoms with Gasteiger partial charge >= 0.3 is 0 Å². The fraction of sp³-hybridized carbons (Fsp3) is 0.647. The Kier molecular flexibility index (Phi) is 5.42. The van der Waals surface area contributed by atoms with E-state index in [1.54, 1.807) is 0 Å². The van der Waals surface area contributed by atoms with Gasteiger partial charge in [-0.25, -0.2) is 0 Å². The monoisotopic (exact) mass is 263 g/mol. The van der Waals surface area contributed by atoms with Gasteiger partial charge in [0.2, 0.25) is 0 Å². The molecule has 0 bridgehead atoms. The van der Waals surface area contributed by atoms with Crippen molar-refractivity contribution in [1.82, 2.24) is 5.32 Å². The molecule has 0 fully saturated rings. The van der Waals surface area contributed by atoms with Gasteiger partial charge in [-0.1, -0.05) is 46.8 Å². The van der Waals surface area contributed by atoms with Gasteiger partial charge in [-0.05, 0) is 36.6 Å². The van der Waals surface area contributed by atoms with E-state index in [1.165, 1.54) is 5.56 Å². The van der Waals surface area contributed by atoms with Crippen LogP contribution >= 0.6 is 0 Å². The molecule has 108 valence electrons. The molecule has 0 saturated carbocycles. The molecule has 1 N–H and O–H groups in total. The fourth-order valence-electron chi connectivity index (χ4n) is 2.01. The molecule has 0 aliphatic rings. The van der Waals surface area contributed by atoms with E-state index in [0.29, 0.717) is 0 Å². The average Bonchev–Trinajstić information content (AvgIpc) is 2.37. The van der Waals surface area contributed by atoms with Crippen LogP contribution in [0.4, 0.5) is 0 Å². The van der Waals surface area contributed by atoms with E-state index in [0.717, 1.165) is 25.3 Å². The summed E-state index contributed by atoms with van der Waals surface area (Å²) in [5, 5.41) is 3.20. The van der Waals surface area contributed by atoms with Gasteiger partial charge in [0.05, 0.1) is 6.61 Å². The van der Waals surface area contributed by atoms with Crippen molar-refractivity contribution in [1.29, 1.82) is 0 Å². The Bertz CT molecular complexity index is 379. The van der Waals surface area contributed by atoms with Gasteiger partial charge in [0.25, 0.3) is 0 Å². The van der Waals surface area contributed by atoms with Crippen LogP contribution in [0.1, 0.15) is 46.6 Å². The molecule has 0 unspecified atom stereocenters. The van der Waals surface area contributed by atoms with Gasteiger partial charge in [-0.2, -0.15) is 0 Å². The highest BCUT2D eigenvalue weighted by atomic mass is 16.5. The van der Waals surface area contributed by atoms with Gasteiger partial charge < -0.3 is 10.1 Å². The number of ether oxygens (including phenoxy) is 1. The molecule has 1 aromatic rings. The van der Waals surface area contributed by atoms with Crippen molar-refractivity contribution in [3.05, 3.63) is 29.8 Å². The minimum atomic E-state index is 0.149. The molecule has 0 aliphatic carbocycles. The maximum absolute atomic E-state index is 5.88. The highest BCUT2D eigenvalue weighted by Gasteiger charge is 2.19. The van der Waals surface area contributed by atoms with Crippen LogP contribution in [0.5, 0.6) is 5.75 Å². The lowest BCUT2D eigenvalue weighted by molar-refractivity contribution is 0.179. The standard InChI is InChI=1S/C17H29NO/c1-7-17(4,5)14-8-10-15(11-9-14)19-13-16(2,3)12-18-6/h8-11,18H,7,12-13H2,1-6H3. The molecule has 0 spiro atoms. The molecule has 0 aliphatic heterocycles. The van der Waals surface area contributed by atoms with E-state index in [9.17, 15) is 0 Å². The predicted molar refractivity (Wildman–Crippen MR) is 83.0 cm³/mol. The van der Waals surface area contributed by atoms with Gasteiger partial charge in [-0.15, -0.1) is 0 Å². The Labute approximate surface area is 118 Å². The van der Waals surface area contributed by atoms with Crippen LogP contribution in [-0.4, -0.2) is 20.2 Å². The normalized spacial score (nSPS) is 12.5. The number of rotatable bonds is 7. The maximum Gasteiger partial charge on any atom is 0.119 e. The summed E-state index contributed by atoms with van der Waals surface area (Å²) in [6, 6.07) is 8.54. The molecule has 1 aromatic carbocycles. The van der Waals surface area contributed by atoms with E-state index in [2.05, 4.69) is 64.2 Å². The highest BCUT2D eigenvalue weighted by Crippen LogP contribution is 2.28. The Balaban J connectivity index is 2.63. The van der Waals surface area contributed by atoms with Gasteiger partial charge in [0.1, 0.15) is 5.75 Å². The molecule has 0 amide bonds. The van der Waals surface area contributed by atoms with E-state index < -0.39 is 0 Å². The van der Waals surface area contributed by atoms with Crippen molar-refractivity contribution in [2.24, 2.45) is 5.41 Å². The topological polar surface area (TPSA) is 21.3 Å². The Hall–Kier alpha value is -1.02. The second-order valence-electron chi connectivity index (χ2n) is 6.75. The van der Waals surface area contributed by atoms with E-state index in [-0.39, 0.29) is 10.8 Å². The molecular formula is C17H29NO. The molecule has 1 rings (SSSR count). The number of hydrogen-bond donors (Lipinski definition) is 1. The van der Waals surface area contributed by atoms with Crippen LogP contribution in [0.15, 0.2) is 24.3 Å². The van der Waals surface area contributed by atoms with Crippen molar-refractivity contribution in [2.45, 2.75) is 46.5 Å². The summed E-state index contributed by atoms with van der Waals surface area (Å²) in [6.07, 6.45) is 1.14. The largest absolute Gasteiger partial charge is 0.493 e. The molecule has 0 heterocycles. The third-order valence-electron chi connectivity index (χ3n) is 3.80. The first-order valence-corrected chi connectivity index (χ1v) is 7.19. The molecule has 0 saturated heterocycles. The van der Waals surface area contributed by atoms with E-state index in [4.69, 9.17) is 4.74 Å². The maximum atomic E-state index is 5.88. The minimum absolute atomic E-state index is 0.149. The van der Waals surface area contributed by atoms with Crippen molar-refractivity contribution < 1.29 is 4.74 Å². The first-order chi connectivity index (χ1) is 8.80. The Morgan fingerprint density at radius 2 is 1.63 bits per heavy atom. The summed E-state index contributed by atoms with van der Waals surface area (Å²) in [5.74, 6) is 0.958. The smallest absolute Gasteiger partial charge is 0.119 e. The lowest BCUT2D eigenvalue weighted by Crippen LogP contribution is -2.32. The summed E-state index contributed by atoms with van der Waals surface area (Å²) in [7, 11) is 1.98. The van der Waals surface area contributed by atoms with Crippen LogP contribution in [0, 0.1) is 5.41 Å². The first-order valence-electron chi connectivity index (χ1n) is 7.19. The van der Waals surface area contributed by atoms with Crippen LogP contribution in [0.2, 0.25) is 0 Å². The first kappa shape index (κ1) is 16.0. The fourth-order valence-corrected chi connectivity index (χ4v) is 2.01. The minimum Gasteiger partial charge on any atom is -0.493 e. The van der Waals surface area contributed by atoms with Crippen molar-refractivity contribution in [3.8, 4) is 5.75 Å². The van der Waals surface area contributed by atoms with Crippen LogP contribution in [0.25, 0.3) is 0 Å². The summed E-state index contributed by atoms with van der Waals surface area (Å²) < 4.78 is 5.88. The van der Waals surface area contributed by atoms with Crippen molar-refractivity contribution in [2.75, 3.05) is 20.2 Å².